The van der Waals surface area contributed by atoms with E-state index in [4.69, 9.17) is 0 Å². The van der Waals surface area contributed by atoms with E-state index in [0.717, 1.165) is 11.8 Å². The van der Waals surface area contributed by atoms with E-state index < -0.39 is 0 Å². The zero-order valence-electron chi connectivity index (χ0n) is 7.14. The molecule has 3 atom stereocenters. The van der Waals surface area contributed by atoms with Gasteiger partial charge in [-0.3, -0.25) is 0 Å². The molecule has 0 N–H and O–H groups in total. The van der Waals surface area contributed by atoms with E-state index in [1.165, 1.54) is 18.3 Å². The van der Waals surface area contributed by atoms with Gasteiger partial charge in [-0.2, -0.15) is 0 Å². The van der Waals surface area contributed by atoms with Gasteiger partial charge in [-0.05, 0) is 42.9 Å². The van der Waals surface area contributed by atoms with Gasteiger partial charge in [-0.25, -0.2) is 0 Å². The van der Waals surface area contributed by atoms with Crippen molar-refractivity contribution in [3.8, 4) is 0 Å². The van der Waals surface area contributed by atoms with E-state index >= 15 is 0 Å². The Bertz CT molecular complexity index is 118. The topological polar surface area (TPSA) is 0 Å². The summed E-state index contributed by atoms with van der Waals surface area (Å²) in [5.41, 5.74) is 0. The predicted molar refractivity (Wildman–Crippen MR) is 43.8 cm³/mol. The Hall–Kier alpha value is 0. The van der Waals surface area contributed by atoms with Gasteiger partial charge in [-0.15, -0.1) is 0 Å². The minimum Gasteiger partial charge on any atom is -0.0651 e. The molecule has 2 rings (SSSR count). The van der Waals surface area contributed by atoms with Crippen LogP contribution in [-0.2, 0) is 0 Å². The summed E-state index contributed by atoms with van der Waals surface area (Å²) >= 11 is 0. The van der Waals surface area contributed by atoms with Crippen LogP contribution >= 0.6 is 0 Å². The van der Waals surface area contributed by atoms with Crippen molar-refractivity contribution in [3.63, 3.8) is 0 Å². The average Bonchev–Trinajstić information content (AvgIpc) is 2.57. The maximum Gasteiger partial charge on any atom is -0.0380 e. The van der Waals surface area contributed by atoms with Crippen molar-refractivity contribution < 1.29 is 0 Å². The maximum atomic E-state index is 2.43. The second kappa shape index (κ2) is 2.25. The van der Waals surface area contributed by atoms with E-state index in [9.17, 15) is 0 Å². The first-order valence-electron chi connectivity index (χ1n) is 4.81. The molecule has 2 aliphatic carbocycles. The summed E-state index contributed by atoms with van der Waals surface area (Å²) < 4.78 is 0. The summed E-state index contributed by atoms with van der Waals surface area (Å²) in [6.45, 7) is 4.75. The van der Waals surface area contributed by atoms with Crippen molar-refractivity contribution in [2.45, 2.75) is 39.5 Å². The van der Waals surface area contributed by atoms with Crippen LogP contribution in [-0.4, -0.2) is 0 Å². The molecule has 3 unspecified atom stereocenters. The van der Waals surface area contributed by atoms with Crippen molar-refractivity contribution >= 4 is 0 Å². The van der Waals surface area contributed by atoms with Crippen molar-refractivity contribution in [2.75, 3.05) is 0 Å². The van der Waals surface area contributed by atoms with Crippen LogP contribution in [0.5, 0.6) is 0 Å². The van der Waals surface area contributed by atoms with E-state index in [1.807, 2.05) is 0 Å². The van der Waals surface area contributed by atoms with Crippen LogP contribution in [0.2, 0.25) is 0 Å². The van der Waals surface area contributed by atoms with Gasteiger partial charge >= 0.3 is 0 Å². The highest BCUT2D eigenvalue weighted by Crippen LogP contribution is 2.56. The Morgan fingerprint density at radius 3 is 2.30 bits per heavy atom. The van der Waals surface area contributed by atoms with Gasteiger partial charge in [0.25, 0.3) is 0 Å². The molecule has 0 saturated heterocycles. The fourth-order valence-electron chi connectivity index (χ4n) is 2.56. The SMILES string of the molecule is CCC(C)C1CC2CC2C1. The van der Waals surface area contributed by atoms with E-state index in [0.29, 0.717) is 0 Å². The molecule has 10 heavy (non-hydrogen) atoms. The molecule has 0 aromatic carbocycles. The third kappa shape index (κ3) is 0.980. The number of fused-ring (bicyclic) bond motifs is 1. The van der Waals surface area contributed by atoms with Gasteiger partial charge in [0.15, 0.2) is 0 Å². The summed E-state index contributed by atoms with van der Waals surface area (Å²) in [6, 6.07) is 0. The molecular weight excluding hydrogens is 120 g/mol. The Morgan fingerprint density at radius 2 is 1.80 bits per heavy atom. The van der Waals surface area contributed by atoms with Gasteiger partial charge in [-0.1, -0.05) is 20.3 Å². The number of hydrogen-bond acceptors (Lipinski definition) is 0. The minimum absolute atomic E-state index is 1.01. The molecule has 58 valence electrons. The molecular formula is C10H18. The van der Waals surface area contributed by atoms with Crippen molar-refractivity contribution in [1.29, 1.82) is 0 Å². The van der Waals surface area contributed by atoms with Crippen LogP contribution in [0.15, 0.2) is 0 Å². The van der Waals surface area contributed by atoms with Crippen LogP contribution in [0, 0.1) is 23.7 Å². The van der Waals surface area contributed by atoms with Crippen molar-refractivity contribution in [1.82, 2.24) is 0 Å². The fraction of sp³-hybridized carbons (Fsp3) is 1.00. The summed E-state index contributed by atoms with van der Waals surface area (Å²) in [5.74, 6) is 4.47. The van der Waals surface area contributed by atoms with Gasteiger partial charge in [0, 0.05) is 0 Å². The highest BCUT2D eigenvalue weighted by Gasteiger charge is 2.46. The molecule has 0 nitrogen and oxygen atoms in total. The van der Waals surface area contributed by atoms with Crippen LogP contribution in [0.25, 0.3) is 0 Å². The third-order valence-corrected chi connectivity index (χ3v) is 3.73. The lowest BCUT2D eigenvalue weighted by molar-refractivity contribution is 0.329. The summed E-state index contributed by atoms with van der Waals surface area (Å²) in [5, 5.41) is 0. The monoisotopic (exact) mass is 138 g/mol. The zero-order chi connectivity index (χ0) is 7.14. The largest absolute Gasteiger partial charge is 0.0651 e. The van der Waals surface area contributed by atoms with E-state index in [1.54, 1.807) is 19.3 Å². The summed E-state index contributed by atoms with van der Waals surface area (Å²) in [6.07, 6.45) is 6.11. The Morgan fingerprint density at radius 1 is 1.20 bits per heavy atom. The smallest absolute Gasteiger partial charge is 0.0380 e. The van der Waals surface area contributed by atoms with Gasteiger partial charge in [0.1, 0.15) is 0 Å². The van der Waals surface area contributed by atoms with Crippen LogP contribution in [0.1, 0.15) is 39.5 Å². The molecule has 0 aromatic heterocycles. The second-order valence-electron chi connectivity index (χ2n) is 4.37. The van der Waals surface area contributed by atoms with E-state index in [2.05, 4.69) is 13.8 Å². The van der Waals surface area contributed by atoms with Gasteiger partial charge in [0.2, 0.25) is 0 Å². The molecule has 0 heteroatoms. The van der Waals surface area contributed by atoms with Crippen LogP contribution in [0.4, 0.5) is 0 Å². The first-order chi connectivity index (χ1) is 4.81. The van der Waals surface area contributed by atoms with Crippen molar-refractivity contribution in [2.24, 2.45) is 23.7 Å². The standard InChI is InChI=1S/C10H18/c1-3-7(2)8-4-9-6-10(9)5-8/h7-10H,3-6H2,1-2H3. The quantitative estimate of drug-likeness (QED) is 0.550. The third-order valence-electron chi connectivity index (χ3n) is 3.73. The van der Waals surface area contributed by atoms with Crippen LogP contribution < -0.4 is 0 Å². The van der Waals surface area contributed by atoms with Crippen LogP contribution in [0.3, 0.4) is 0 Å². The molecule has 0 amide bonds. The molecule has 0 aromatic rings. The molecule has 0 bridgehead atoms. The number of hydrogen-bond donors (Lipinski definition) is 0. The Balaban J connectivity index is 1.84. The Labute approximate surface area is 64.0 Å². The second-order valence-corrected chi connectivity index (χ2v) is 4.37. The zero-order valence-corrected chi connectivity index (χ0v) is 7.14. The highest BCUT2D eigenvalue weighted by atomic mass is 14.5. The lowest BCUT2D eigenvalue weighted by Crippen LogP contribution is -2.08. The Kier molecular flexibility index (Phi) is 1.51. The lowest BCUT2D eigenvalue weighted by atomic mass is 9.88. The lowest BCUT2D eigenvalue weighted by Gasteiger charge is -2.18. The molecule has 0 aliphatic heterocycles. The molecule has 2 fully saturated rings. The normalized spacial score (nSPS) is 46.8. The molecule has 2 aliphatic rings. The first-order valence-corrected chi connectivity index (χ1v) is 4.81. The molecule has 2 saturated carbocycles. The summed E-state index contributed by atoms with van der Waals surface area (Å²) in [7, 11) is 0. The first kappa shape index (κ1) is 6.69. The predicted octanol–water partition coefficient (Wildman–Crippen LogP) is 3.08. The van der Waals surface area contributed by atoms with Gasteiger partial charge in [0.05, 0.1) is 0 Å². The average molecular weight is 138 g/mol. The molecule has 0 spiro atoms. The maximum absolute atomic E-state index is 2.43. The van der Waals surface area contributed by atoms with Crippen molar-refractivity contribution in [3.05, 3.63) is 0 Å². The molecule has 0 heterocycles. The van der Waals surface area contributed by atoms with E-state index in [-0.39, 0.29) is 0 Å². The number of rotatable bonds is 2. The summed E-state index contributed by atoms with van der Waals surface area (Å²) in [4.78, 5) is 0. The molecule has 0 radical (unpaired) electrons. The fourth-order valence-corrected chi connectivity index (χ4v) is 2.56. The minimum atomic E-state index is 1.01. The highest BCUT2D eigenvalue weighted by molar-refractivity contribution is 4.96. The van der Waals surface area contributed by atoms with Gasteiger partial charge < -0.3 is 0 Å².